The number of fused-ring (bicyclic) bond motifs is 2. The Morgan fingerprint density at radius 2 is 1.67 bits per heavy atom. The van der Waals surface area contributed by atoms with Crippen LogP contribution in [0.15, 0.2) is 60.8 Å². The number of aromatic nitrogens is 3. The van der Waals surface area contributed by atoms with Crippen molar-refractivity contribution in [3.8, 4) is 17.2 Å². The molecule has 0 aliphatic carbocycles. The summed E-state index contributed by atoms with van der Waals surface area (Å²) < 4.78 is 18.8. The van der Waals surface area contributed by atoms with E-state index in [1.807, 2.05) is 35.1 Å². The second kappa shape index (κ2) is 9.50. The van der Waals surface area contributed by atoms with Crippen molar-refractivity contribution in [1.29, 1.82) is 0 Å². The van der Waals surface area contributed by atoms with Crippen LogP contribution in [-0.2, 0) is 26.1 Å². The van der Waals surface area contributed by atoms with Crippen molar-refractivity contribution in [1.82, 2.24) is 19.9 Å². The molecular formula is C26H28N4O3. The molecule has 170 valence electrons. The van der Waals surface area contributed by atoms with E-state index in [1.54, 1.807) is 14.2 Å². The number of hydrogen-bond acceptors (Lipinski definition) is 6. The van der Waals surface area contributed by atoms with Gasteiger partial charge in [0.05, 0.1) is 27.0 Å². The topological polar surface area (TPSA) is 61.6 Å². The fourth-order valence-corrected chi connectivity index (χ4v) is 4.36. The number of nitrogens with zero attached hydrogens (tertiary/aromatic N) is 4. The third-order valence-corrected chi connectivity index (χ3v) is 6.15. The Labute approximate surface area is 193 Å². The van der Waals surface area contributed by atoms with Crippen LogP contribution in [0.3, 0.4) is 0 Å². The zero-order chi connectivity index (χ0) is 22.6. The predicted octanol–water partition coefficient (Wildman–Crippen LogP) is 4.09. The van der Waals surface area contributed by atoms with Crippen molar-refractivity contribution in [3.05, 3.63) is 77.6 Å². The molecule has 1 aliphatic heterocycles. The Morgan fingerprint density at radius 1 is 0.879 bits per heavy atom. The molecule has 0 radical (unpaired) electrons. The van der Waals surface area contributed by atoms with Gasteiger partial charge < -0.3 is 14.2 Å². The average molecular weight is 445 g/mol. The first-order valence-electron chi connectivity index (χ1n) is 11.2. The molecule has 0 amide bonds. The minimum Gasteiger partial charge on any atom is -0.493 e. The zero-order valence-corrected chi connectivity index (χ0v) is 19.0. The Bertz CT molecular complexity index is 1250. The van der Waals surface area contributed by atoms with Crippen molar-refractivity contribution in [2.24, 2.45) is 0 Å². The molecule has 0 fully saturated rings. The summed E-state index contributed by atoms with van der Waals surface area (Å²) in [5.74, 6) is 2.44. The second-order valence-corrected chi connectivity index (χ2v) is 8.24. The summed E-state index contributed by atoms with van der Waals surface area (Å²) in [6.07, 6.45) is 2.97. The van der Waals surface area contributed by atoms with E-state index in [2.05, 4.69) is 45.5 Å². The Morgan fingerprint density at radius 3 is 2.52 bits per heavy atom. The molecule has 5 rings (SSSR count). The van der Waals surface area contributed by atoms with E-state index < -0.39 is 0 Å². The highest BCUT2D eigenvalue weighted by molar-refractivity contribution is 5.88. The van der Waals surface area contributed by atoms with E-state index >= 15 is 0 Å². The summed E-state index contributed by atoms with van der Waals surface area (Å²) in [4.78, 5) is 2.43. The molecule has 33 heavy (non-hydrogen) atoms. The van der Waals surface area contributed by atoms with E-state index in [0.29, 0.717) is 6.61 Å². The molecule has 3 aromatic carbocycles. The van der Waals surface area contributed by atoms with E-state index in [1.165, 1.54) is 11.1 Å². The summed E-state index contributed by atoms with van der Waals surface area (Å²) in [5, 5.41) is 10.9. The lowest BCUT2D eigenvalue weighted by Crippen LogP contribution is -2.33. The highest BCUT2D eigenvalue weighted by Gasteiger charge is 2.19. The van der Waals surface area contributed by atoms with Crippen LogP contribution in [0.25, 0.3) is 10.8 Å². The summed E-state index contributed by atoms with van der Waals surface area (Å²) in [6, 6.07) is 18.5. The van der Waals surface area contributed by atoms with E-state index in [-0.39, 0.29) is 0 Å². The largest absolute Gasteiger partial charge is 0.493 e. The number of hydrogen-bond donors (Lipinski definition) is 0. The van der Waals surface area contributed by atoms with Crippen molar-refractivity contribution in [2.75, 3.05) is 27.3 Å². The molecule has 0 bridgehead atoms. The molecule has 0 saturated carbocycles. The van der Waals surface area contributed by atoms with Crippen LogP contribution in [0.4, 0.5) is 0 Å². The van der Waals surface area contributed by atoms with Gasteiger partial charge in [-0.25, -0.2) is 0 Å². The van der Waals surface area contributed by atoms with Gasteiger partial charge in [-0.1, -0.05) is 41.6 Å². The van der Waals surface area contributed by atoms with Crippen molar-refractivity contribution < 1.29 is 14.2 Å². The van der Waals surface area contributed by atoms with Gasteiger partial charge >= 0.3 is 0 Å². The van der Waals surface area contributed by atoms with Gasteiger partial charge in [0.2, 0.25) is 0 Å². The van der Waals surface area contributed by atoms with E-state index in [4.69, 9.17) is 14.2 Å². The maximum Gasteiger partial charge on any atom is 0.161 e. The first-order valence-corrected chi connectivity index (χ1v) is 11.2. The zero-order valence-electron chi connectivity index (χ0n) is 19.0. The molecule has 2 heterocycles. The third kappa shape index (κ3) is 4.64. The maximum absolute atomic E-state index is 6.04. The number of ether oxygens (including phenoxy) is 3. The van der Waals surface area contributed by atoms with Crippen LogP contribution in [0.1, 0.15) is 16.8 Å². The molecule has 4 aromatic rings. The standard InChI is InChI=1S/C26H28N4O3/c1-31-25-14-20-10-11-29(16-21(20)15-26(25)32-2)12-13-30-17-22(27-28-30)18-33-24-9-5-7-19-6-3-4-8-23(19)24/h3-9,14-15,17H,10-13,16,18H2,1-2H3. The summed E-state index contributed by atoms with van der Waals surface area (Å²) in [7, 11) is 3.36. The highest BCUT2D eigenvalue weighted by Crippen LogP contribution is 2.33. The fraction of sp³-hybridized carbons (Fsp3) is 0.308. The molecule has 0 atom stereocenters. The fourth-order valence-electron chi connectivity index (χ4n) is 4.36. The van der Waals surface area contributed by atoms with Gasteiger partial charge in [0.25, 0.3) is 0 Å². The molecule has 0 unspecified atom stereocenters. The number of methoxy groups -OCH3 is 2. The Hall–Kier alpha value is -3.58. The summed E-state index contributed by atoms with van der Waals surface area (Å²) in [5.41, 5.74) is 3.45. The molecule has 7 heteroatoms. The monoisotopic (exact) mass is 444 g/mol. The maximum atomic E-state index is 6.04. The number of benzene rings is 3. The summed E-state index contributed by atoms with van der Waals surface area (Å²) in [6.45, 7) is 3.98. The molecule has 0 saturated heterocycles. The molecule has 7 nitrogen and oxygen atoms in total. The van der Waals surface area contributed by atoms with Crippen molar-refractivity contribution in [3.63, 3.8) is 0 Å². The van der Waals surface area contributed by atoms with Crippen LogP contribution in [0, 0.1) is 0 Å². The lowest BCUT2D eigenvalue weighted by Gasteiger charge is -2.29. The Balaban J connectivity index is 1.17. The molecule has 1 aliphatic rings. The predicted molar refractivity (Wildman–Crippen MR) is 127 cm³/mol. The molecule has 1 aromatic heterocycles. The van der Waals surface area contributed by atoms with E-state index in [9.17, 15) is 0 Å². The number of rotatable bonds is 8. The SMILES string of the molecule is COc1cc2c(cc1OC)CN(CCn1cc(COc3cccc4ccccc34)nn1)CC2. The van der Waals surface area contributed by atoms with Gasteiger partial charge in [-0.2, -0.15) is 0 Å². The van der Waals surface area contributed by atoms with Gasteiger partial charge in [-0.15, -0.1) is 5.10 Å². The van der Waals surface area contributed by atoms with Gasteiger partial charge in [0.15, 0.2) is 11.5 Å². The third-order valence-electron chi connectivity index (χ3n) is 6.15. The van der Waals surface area contributed by atoms with Crippen molar-refractivity contribution in [2.45, 2.75) is 26.1 Å². The van der Waals surface area contributed by atoms with Crippen LogP contribution in [0.5, 0.6) is 17.2 Å². The minimum absolute atomic E-state index is 0.396. The van der Waals surface area contributed by atoms with Crippen LogP contribution >= 0.6 is 0 Å². The first-order chi connectivity index (χ1) is 16.2. The van der Waals surface area contributed by atoms with Gasteiger partial charge in [-0.05, 0) is 41.1 Å². The highest BCUT2D eigenvalue weighted by atomic mass is 16.5. The van der Waals surface area contributed by atoms with Gasteiger partial charge in [-0.3, -0.25) is 9.58 Å². The second-order valence-electron chi connectivity index (χ2n) is 8.24. The first kappa shape index (κ1) is 21.3. The van der Waals surface area contributed by atoms with E-state index in [0.717, 1.165) is 66.3 Å². The normalized spacial score (nSPS) is 13.6. The smallest absolute Gasteiger partial charge is 0.161 e. The lowest BCUT2D eigenvalue weighted by molar-refractivity contribution is 0.238. The van der Waals surface area contributed by atoms with Crippen molar-refractivity contribution >= 4 is 10.8 Å². The lowest BCUT2D eigenvalue weighted by atomic mass is 9.99. The minimum atomic E-state index is 0.396. The molecule has 0 spiro atoms. The van der Waals surface area contributed by atoms with Crippen LogP contribution in [-0.4, -0.2) is 47.2 Å². The van der Waals surface area contributed by atoms with Gasteiger partial charge in [0, 0.05) is 25.0 Å². The summed E-state index contributed by atoms with van der Waals surface area (Å²) >= 11 is 0. The Kier molecular flexibility index (Phi) is 6.13. The van der Waals surface area contributed by atoms with Crippen LogP contribution in [0.2, 0.25) is 0 Å². The van der Waals surface area contributed by atoms with Crippen LogP contribution < -0.4 is 14.2 Å². The molecule has 0 N–H and O–H groups in total. The van der Waals surface area contributed by atoms with Gasteiger partial charge in [0.1, 0.15) is 18.1 Å². The average Bonchev–Trinajstić information content (AvgIpc) is 3.33. The molecular weight excluding hydrogens is 416 g/mol. The quantitative estimate of drug-likeness (QED) is 0.408.